The molecular weight excluding hydrogens is 411 g/mol. The van der Waals surface area contributed by atoms with Gasteiger partial charge in [-0.1, -0.05) is 40.9 Å². The van der Waals surface area contributed by atoms with Gasteiger partial charge in [-0.25, -0.2) is 0 Å². The highest BCUT2D eigenvalue weighted by atomic mass is 35.5. The van der Waals surface area contributed by atoms with Crippen LogP contribution in [-0.2, 0) is 6.42 Å². The van der Waals surface area contributed by atoms with Gasteiger partial charge < -0.3 is 4.57 Å². The molecule has 0 aliphatic carbocycles. The molecule has 28 heavy (non-hydrogen) atoms. The van der Waals surface area contributed by atoms with Crippen molar-refractivity contribution in [3.63, 3.8) is 0 Å². The second-order valence-electron chi connectivity index (χ2n) is 7.95. The van der Waals surface area contributed by atoms with Gasteiger partial charge in [0.15, 0.2) is 0 Å². The Morgan fingerprint density at radius 3 is 2.64 bits per heavy atom. The van der Waals surface area contributed by atoms with Gasteiger partial charge in [0.1, 0.15) is 0 Å². The van der Waals surface area contributed by atoms with E-state index in [1.165, 1.54) is 35.0 Å². The molecule has 2 aromatic carbocycles. The third-order valence-corrected chi connectivity index (χ3v) is 7.38. The maximum Gasteiger partial charge on any atom is 0.0598 e. The highest BCUT2D eigenvalue weighted by Crippen LogP contribution is 2.47. The molecule has 2 aliphatic heterocycles. The molecule has 0 saturated carbocycles. The number of nitrogens with zero attached hydrogens (tertiary/aromatic N) is 2. The van der Waals surface area contributed by atoms with Gasteiger partial charge in [0.2, 0.25) is 0 Å². The van der Waals surface area contributed by atoms with Crippen molar-refractivity contribution < 1.29 is 0 Å². The van der Waals surface area contributed by atoms with Gasteiger partial charge in [0, 0.05) is 40.8 Å². The fraction of sp³-hybridized carbons (Fsp3) is 0.304. The lowest BCUT2D eigenvalue weighted by molar-refractivity contribution is 0.223. The summed E-state index contributed by atoms with van der Waals surface area (Å²) < 4.78 is 2.37. The molecule has 1 fully saturated rings. The van der Waals surface area contributed by atoms with Crippen LogP contribution in [0, 0.1) is 0 Å². The Labute approximate surface area is 180 Å². The Balaban J connectivity index is 1.72. The van der Waals surface area contributed by atoms with Crippen molar-refractivity contribution >= 4 is 57.5 Å². The minimum absolute atomic E-state index is 0.481. The van der Waals surface area contributed by atoms with Crippen LogP contribution in [0.1, 0.15) is 42.6 Å². The molecule has 2 atom stereocenters. The summed E-state index contributed by atoms with van der Waals surface area (Å²) in [6.07, 6.45) is 5.78. The molecule has 2 nitrogen and oxygen atoms in total. The average molecular weight is 432 g/mol. The molecule has 144 valence electrons. The smallest absolute Gasteiger partial charge is 0.0598 e. The standard InChI is InChI=1S/C23H21Cl3N2/c1-13(14-3-6-18(25)19(26)9-14)12-28-20-7-4-15(24)10-17(20)23-21-8-5-16(27(21)2)11-22(23)28/h3-4,6-7,9-10,12,16,21H,5,8,11H2,1-2H3. The van der Waals surface area contributed by atoms with Crippen LogP contribution in [0.5, 0.6) is 0 Å². The average Bonchev–Trinajstić information content (AvgIpc) is 3.07. The number of likely N-dealkylation sites (N-methyl/N-ethyl adjacent to an activating group) is 1. The number of benzene rings is 2. The molecular formula is C23H21Cl3N2. The topological polar surface area (TPSA) is 8.17 Å². The van der Waals surface area contributed by atoms with Crippen molar-refractivity contribution in [2.45, 2.75) is 38.3 Å². The fourth-order valence-corrected chi connectivity index (χ4v) is 5.40. The fourth-order valence-electron chi connectivity index (χ4n) is 4.93. The van der Waals surface area contributed by atoms with Gasteiger partial charge in [0.25, 0.3) is 0 Å². The molecule has 2 unspecified atom stereocenters. The van der Waals surface area contributed by atoms with Crippen molar-refractivity contribution in [2.24, 2.45) is 0 Å². The van der Waals surface area contributed by atoms with Crippen molar-refractivity contribution in [2.75, 3.05) is 7.05 Å². The molecule has 1 saturated heterocycles. The SMILES string of the molecule is CC(=Cn1c2c(c3cc(Cl)ccc31)C1CCC(C2)N1C)c1ccc(Cl)c(Cl)c1. The molecule has 3 heterocycles. The number of allylic oxidation sites excluding steroid dienone is 1. The zero-order valence-electron chi connectivity index (χ0n) is 15.8. The summed E-state index contributed by atoms with van der Waals surface area (Å²) in [6, 6.07) is 13.2. The van der Waals surface area contributed by atoms with Gasteiger partial charge in [-0.15, -0.1) is 0 Å². The Bertz CT molecular complexity index is 1130. The minimum atomic E-state index is 0.481. The lowest BCUT2D eigenvalue weighted by Gasteiger charge is -2.32. The van der Waals surface area contributed by atoms with E-state index in [-0.39, 0.29) is 0 Å². The third kappa shape index (κ3) is 2.81. The van der Waals surface area contributed by atoms with E-state index in [4.69, 9.17) is 34.8 Å². The Hall–Kier alpha value is -1.45. The number of aromatic nitrogens is 1. The van der Waals surface area contributed by atoms with Crippen molar-refractivity contribution in [1.82, 2.24) is 9.47 Å². The van der Waals surface area contributed by atoms with E-state index < -0.39 is 0 Å². The van der Waals surface area contributed by atoms with E-state index in [0.717, 1.165) is 22.6 Å². The number of hydrogen-bond donors (Lipinski definition) is 0. The van der Waals surface area contributed by atoms with Crippen LogP contribution in [0.25, 0.3) is 22.7 Å². The predicted molar refractivity (Wildman–Crippen MR) is 120 cm³/mol. The number of rotatable bonds is 2. The quantitative estimate of drug-likeness (QED) is 0.413. The van der Waals surface area contributed by atoms with E-state index in [2.05, 4.69) is 41.8 Å². The Kier molecular flexibility index (Phi) is 4.52. The van der Waals surface area contributed by atoms with Gasteiger partial charge in [-0.2, -0.15) is 0 Å². The second-order valence-corrected chi connectivity index (χ2v) is 9.20. The number of hydrogen-bond acceptors (Lipinski definition) is 1. The molecule has 0 spiro atoms. The summed E-state index contributed by atoms with van der Waals surface area (Å²) in [7, 11) is 2.26. The van der Waals surface area contributed by atoms with Crippen LogP contribution in [0.2, 0.25) is 15.1 Å². The number of fused-ring (bicyclic) bond motifs is 6. The molecule has 5 heteroatoms. The molecule has 0 amide bonds. The van der Waals surface area contributed by atoms with E-state index in [1.807, 2.05) is 24.3 Å². The third-order valence-electron chi connectivity index (χ3n) is 6.41. The largest absolute Gasteiger partial charge is 0.320 e. The van der Waals surface area contributed by atoms with Crippen LogP contribution in [-0.4, -0.2) is 22.6 Å². The van der Waals surface area contributed by atoms with Crippen LogP contribution in [0.3, 0.4) is 0 Å². The summed E-state index contributed by atoms with van der Waals surface area (Å²) in [5, 5.41) is 3.23. The first kappa shape index (κ1) is 18.6. The molecule has 0 radical (unpaired) electrons. The highest BCUT2D eigenvalue weighted by molar-refractivity contribution is 6.42. The van der Waals surface area contributed by atoms with Gasteiger partial charge >= 0.3 is 0 Å². The Morgan fingerprint density at radius 2 is 1.86 bits per heavy atom. The van der Waals surface area contributed by atoms with Gasteiger partial charge in [-0.3, -0.25) is 4.90 Å². The zero-order valence-corrected chi connectivity index (χ0v) is 18.1. The minimum Gasteiger partial charge on any atom is -0.320 e. The lowest BCUT2D eigenvalue weighted by atomic mass is 9.97. The van der Waals surface area contributed by atoms with Crippen LogP contribution in [0.15, 0.2) is 36.4 Å². The maximum atomic E-state index is 6.38. The molecule has 3 aromatic rings. The van der Waals surface area contributed by atoms with Crippen molar-refractivity contribution in [1.29, 1.82) is 0 Å². The first-order valence-corrected chi connectivity index (χ1v) is 10.8. The second kappa shape index (κ2) is 6.81. The summed E-state index contributed by atoms with van der Waals surface area (Å²) in [6.45, 7) is 2.12. The first-order chi connectivity index (χ1) is 13.4. The van der Waals surface area contributed by atoms with Crippen LogP contribution in [0.4, 0.5) is 0 Å². The lowest BCUT2D eigenvalue weighted by Crippen LogP contribution is -2.34. The zero-order chi connectivity index (χ0) is 19.6. The van der Waals surface area contributed by atoms with Gasteiger partial charge in [-0.05, 0) is 73.8 Å². The van der Waals surface area contributed by atoms with Crippen molar-refractivity contribution in [3.8, 4) is 0 Å². The van der Waals surface area contributed by atoms with Crippen LogP contribution < -0.4 is 0 Å². The number of halogens is 3. The monoisotopic (exact) mass is 430 g/mol. The van der Waals surface area contributed by atoms with E-state index >= 15 is 0 Å². The van der Waals surface area contributed by atoms with Gasteiger partial charge in [0.05, 0.1) is 15.6 Å². The highest BCUT2D eigenvalue weighted by Gasteiger charge is 2.40. The first-order valence-electron chi connectivity index (χ1n) is 9.62. The van der Waals surface area contributed by atoms with E-state index in [1.54, 1.807) is 0 Å². The summed E-state index contributed by atoms with van der Waals surface area (Å²) >= 11 is 18.7. The summed E-state index contributed by atoms with van der Waals surface area (Å²) in [4.78, 5) is 2.54. The molecule has 1 aromatic heterocycles. The predicted octanol–water partition coefficient (Wildman–Crippen LogP) is 7.31. The Morgan fingerprint density at radius 1 is 1.04 bits per heavy atom. The molecule has 2 aliphatic rings. The molecule has 5 rings (SSSR count). The maximum absolute atomic E-state index is 6.38. The molecule has 2 bridgehead atoms. The summed E-state index contributed by atoms with van der Waals surface area (Å²) in [5.74, 6) is 0. The molecule has 0 N–H and O–H groups in total. The van der Waals surface area contributed by atoms with E-state index in [0.29, 0.717) is 22.1 Å². The van der Waals surface area contributed by atoms with Crippen LogP contribution >= 0.6 is 34.8 Å². The van der Waals surface area contributed by atoms with E-state index in [9.17, 15) is 0 Å². The van der Waals surface area contributed by atoms with Crippen molar-refractivity contribution in [3.05, 3.63) is 68.3 Å². The normalized spacial score (nSPS) is 22.1. The summed E-state index contributed by atoms with van der Waals surface area (Å²) in [5.41, 5.74) is 6.32.